The molecule has 0 radical (unpaired) electrons. The van der Waals surface area contributed by atoms with Gasteiger partial charge in [0.1, 0.15) is 13.2 Å². The molecule has 4 aromatic carbocycles. The number of halogens is 2. The van der Waals surface area contributed by atoms with E-state index in [1.165, 1.54) is 24.4 Å². The largest absolute Gasteiger partial charge is 0.490 e. The summed E-state index contributed by atoms with van der Waals surface area (Å²) in [6, 6.07) is 25.3. The molecular formula is C31H29Cl2N3O5S. The Hall–Kier alpha value is -4.05. The summed E-state index contributed by atoms with van der Waals surface area (Å²) in [6.07, 6.45) is 1.43. The summed E-state index contributed by atoms with van der Waals surface area (Å²) in [5, 5.41) is 5.03. The predicted octanol–water partition coefficient (Wildman–Crippen LogP) is 6.63. The summed E-state index contributed by atoms with van der Waals surface area (Å²) in [4.78, 5) is 12.9. The first kappa shape index (κ1) is 30.9. The van der Waals surface area contributed by atoms with Gasteiger partial charge in [0.15, 0.2) is 11.5 Å². The minimum atomic E-state index is -4.08. The smallest absolute Gasteiger partial charge is 0.264 e. The number of sulfonamides is 1. The number of nitrogens with zero attached hydrogens (tertiary/aromatic N) is 2. The molecule has 0 fully saturated rings. The Bertz CT molecular complexity index is 1680. The molecule has 0 aliphatic heterocycles. The third-order valence-corrected chi connectivity index (χ3v) is 8.45. The van der Waals surface area contributed by atoms with E-state index in [1.54, 1.807) is 61.5 Å². The minimum Gasteiger partial charge on any atom is -0.490 e. The molecule has 0 saturated heterocycles. The molecule has 0 saturated carbocycles. The van der Waals surface area contributed by atoms with Crippen LogP contribution in [0.3, 0.4) is 0 Å². The Balaban J connectivity index is 1.48. The predicted molar refractivity (Wildman–Crippen MR) is 166 cm³/mol. The van der Waals surface area contributed by atoms with E-state index in [0.717, 1.165) is 15.4 Å². The van der Waals surface area contributed by atoms with Gasteiger partial charge in [-0.2, -0.15) is 5.10 Å². The normalized spacial score (nSPS) is 11.3. The number of nitrogens with one attached hydrogen (secondary N) is 1. The lowest BCUT2D eigenvalue weighted by Gasteiger charge is -2.24. The van der Waals surface area contributed by atoms with Crippen molar-refractivity contribution in [3.05, 3.63) is 118 Å². The van der Waals surface area contributed by atoms with Crippen LogP contribution in [0.4, 0.5) is 5.69 Å². The average Bonchev–Trinajstić information content (AvgIpc) is 2.97. The molecule has 0 heterocycles. The zero-order chi connectivity index (χ0) is 30.1. The van der Waals surface area contributed by atoms with Crippen LogP contribution in [0.1, 0.15) is 23.6 Å². The van der Waals surface area contributed by atoms with Gasteiger partial charge in [-0.1, -0.05) is 59.6 Å². The molecule has 218 valence electrons. The molecule has 0 aromatic heterocycles. The van der Waals surface area contributed by atoms with E-state index >= 15 is 0 Å². The lowest BCUT2D eigenvalue weighted by Crippen LogP contribution is -2.39. The Morgan fingerprint density at radius 1 is 0.929 bits per heavy atom. The number of benzene rings is 4. The number of carbonyl (C=O) groups excluding carboxylic acids is 1. The summed E-state index contributed by atoms with van der Waals surface area (Å²) >= 11 is 12.3. The second-order valence-electron chi connectivity index (χ2n) is 9.11. The molecule has 0 unspecified atom stereocenters. The number of carbonyl (C=O) groups is 1. The molecule has 8 nitrogen and oxygen atoms in total. The molecule has 11 heteroatoms. The van der Waals surface area contributed by atoms with Crippen molar-refractivity contribution < 1.29 is 22.7 Å². The van der Waals surface area contributed by atoms with Gasteiger partial charge >= 0.3 is 0 Å². The molecule has 0 aliphatic carbocycles. The average molecular weight is 627 g/mol. The van der Waals surface area contributed by atoms with Crippen molar-refractivity contribution in [3.8, 4) is 11.5 Å². The Labute approximate surface area is 255 Å². The van der Waals surface area contributed by atoms with Gasteiger partial charge in [-0.05, 0) is 85.1 Å². The van der Waals surface area contributed by atoms with Gasteiger partial charge in [0.2, 0.25) is 0 Å². The van der Waals surface area contributed by atoms with E-state index in [2.05, 4.69) is 10.5 Å². The van der Waals surface area contributed by atoms with E-state index in [1.807, 2.05) is 25.1 Å². The lowest BCUT2D eigenvalue weighted by atomic mass is 10.2. The van der Waals surface area contributed by atoms with Crippen molar-refractivity contribution >= 4 is 51.0 Å². The summed E-state index contributed by atoms with van der Waals surface area (Å²) < 4.78 is 39.6. The zero-order valence-electron chi connectivity index (χ0n) is 23.0. The van der Waals surface area contributed by atoms with Gasteiger partial charge in [0, 0.05) is 10.0 Å². The summed E-state index contributed by atoms with van der Waals surface area (Å²) in [5.41, 5.74) is 4.98. The van der Waals surface area contributed by atoms with Gasteiger partial charge in [-0.25, -0.2) is 13.8 Å². The molecule has 4 rings (SSSR count). The number of anilines is 1. The monoisotopic (exact) mass is 625 g/mol. The molecule has 1 N–H and O–H groups in total. The second kappa shape index (κ2) is 14.2. The highest BCUT2D eigenvalue weighted by Crippen LogP contribution is 2.30. The maximum absolute atomic E-state index is 13.5. The van der Waals surface area contributed by atoms with Crippen LogP contribution in [0.5, 0.6) is 11.5 Å². The molecule has 0 bridgehead atoms. The fourth-order valence-electron chi connectivity index (χ4n) is 3.90. The number of ether oxygens (including phenoxy) is 2. The third kappa shape index (κ3) is 8.03. The molecule has 0 spiro atoms. The van der Waals surface area contributed by atoms with Crippen LogP contribution in [-0.2, 0) is 21.4 Å². The van der Waals surface area contributed by atoms with Crippen LogP contribution in [-0.4, -0.2) is 33.7 Å². The number of hydrogen-bond acceptors (Lipinski definition) is 6. The highest BCUT2D eigenvalue weighted by molar-refractivity contribution is 7.92. The number of hydrogen-bond donors (Lipinski definition) is 1. The minimum absolute atomic E-state index is 0.0409. The van der Waals surface area contributed by atoms with Crippen LogP contribution in [0.15, 0.2) is 101 Å². The van der Waals surface area contributed by atoms with Crippen LogP contribution >= 0.6 is 23.2 Å². The summed E-state index contributed by atoms with van der Waals surface area (Å²) in [7, 11) is -4.08. The van der Waals surface area contributed by atoms with Gasteiger partial charge in [-0.3, -0.25) is 9.10 Å². The second-order valence-corrected chi connectivity index (χ2v) is 11.8. The number of amides is 1. The van der Waals surface area contributed by atoms with E-state index in [9.17, 15) is 13.2 Å². The van der Waals surface area contributed by atoms with E-state index < -0.39 is 22.5 Å². The van der Waals surface area contributed by atoms with E-state index in [-0.39, 0.29) is 10.6 Å². The highest BCUT2D eigenvalue weighted by atomic mass is 35.5. The van der Waals surface area contributed by atoms with Crippen molar-refractivity contribution in [2.75, 3.05) is 17.5 Å². The fraction of sp³-hybridized carbons (Fsp3) is 0.161. The molecule has 0 aliphatic rings. The van der Waals surface area contributed by atoms with Crippen molar-refractivity contribution in [2.45, 2.75) is 25.3 Å². The van der Waals surface area contributed by atoms with Gasteiger partial charge in [0.05, 0.1) is 23.4 Å². The van der Waals surface area contributed by atoms with Crippen LogP contribution in [0.2, 0.25) is 10.0 Å². The van der Waals surface area contributed by atoms with Crippen molar-refractivity contribution in [1.82, 2.24) is 5.43 Å². The van der Waals surface area contributed by atoms with Crippen molar-refractivity contribution in [3.63, 3.8) is 0 Å². The first-order valence-corrected chi connectivity index (χ1v) is 15.2. The molecule has 42 heavy (non-hydrogen) atoms. The first-order chi connectivity index (χ1) is 20.2. The van der Waals surface area contributed by atoms with E-state index in [4.69, 9.17) is 32.7 Å². The van der Waals surface area contributed by atoms with Crippen LogP contribution in [0.25, 0.3) is 0 Å². The SMILES string of the molecule is CCOc1cc(/C=N/NC(=O)CN(c2ccc(C)c(Cl)c2)S(=O)(=O)c2ccccc2)ccc1OCc1cccc(Cl)c1. The Morgan fingerprint density at radius 2 is 1.71 bits per heavy atom. The summed E-state index contributed by atoms with van der Waals surface area (Å²) in [6.45, 7) is 3.86. The van der Waals surface area contributed by atoms with E-state index in [0.29, 0.717) is 40.3 Å². The van der Waals surface area contributed by atoms with Gasteiger partial charge < -0.3 is 9.47 Å². The van der Waals surface area contributed by atoms with Gasteiger partial charge in [-0.15, -0.1) is 0 Å². The Morgan fingerprint density at radius 3 is 2.43 bits per heavy atom. The maximum atomic E-state index is 13.5. The lowest BCUT2D eigenvalue weighted by molar-refractivity contribution is -0.119. The van der Waals surface area contributed by atoms with Crippen LogP contribution in [0, 0.1) is 6.92 Å². The summed E-state index contributed by atoms with van der Waals surface area (Å²) in [5.74, 6) is 0.400. The van der Waals surface area contributed by atoms with Crippen molar-refractivity contribution in [2.24, 2.45) is 5.10 Å². The zero-order valence-corrected chi connectivity index (χ0v) is 25.3. The Kier molecular flexibility index (Phi) is 10.5. The van der Waals surface area contributed by atoms with Gasteiger partial charge in [0.25, 0.3) is 15.9 Å². The molecule has 4 aromatic rings. The number of aryl methyl sites for hydroxylation is 1. The van der Waals surface area contributed by atoms with Crippen molar-refractivity contribution in [1.29, 1.82) is 0 Å². The quantitative estimate of drug-likeness (QED) is 0.141. The maximum Gasteiger partial charge on any atom is 0.264 e. The number of rotatable bonds is 12. The molecular weight excluding hydrogens is 597 g/mol. The standard InChI is InChI=1S/C31H29Cl2N3O5S/c1-3-40-30-17-23(13-15-29(30)41-21-24-8-7-9-25(32)16-24)19-34-35-31(37)20-36(26-14-12-22(2)28(33)18-26)42(38,39)27-10-5-4-6-11-27/h4-19H,3,20-21H2,1-2H3,(H,35,37)/b34-19+. The highest BCUT2D eigenvalue weighted by Gasteiger charge is 2.27. The topological polar surface area (TPSA) is 97.3 Å². The third-order valence-electron chi connectivity index (χ3n) is 6.02. The molecule has 1 amide bonds. The molecule has 0 atom stereocenters. The van der Waals surface area contributed by atoms with Crippen LogP contribution < -0.4 is 19.2 Å². The number of hydrazone groups is 1. The first-order valence-electron chi connectivity index (χ1n) is 13.0. The fourth-order valence-corrected chi connectivity index (χ4v) is 5.72.